The smallest absolute Gasteiger partial charge is 0.343 e. The van der Waals surface area contributed by atoms with Crippen molar-refractivity contribution in [3.8, 4) is 11.5 Å². The number of amides is 2. The Balaban J connectivity index is 2.31. The van der Waals surface area contributed by atoms with Gasteiger partial charge >= 0.3 is 11.9 Å². The Labute approximate surface area is 184 Å². The highest BCUT2D eigenvalue weighted by atomic mass is 127. The second kappa shape index (κ2) is 9.96. The fraction of sp³-hybridized carbons (Fsp3) is 0.333. The maximum Gasteiger partial charge on any atom is 0.343 e. The summed E-state index contributed by atoms with van der Waals surface area (Å²) in [7, 11) is 3.88. The summed E-state index contributed by atoms with van der Waals surface area (Å²) in [6.07, 6.45) is 1.52. The van der Waals surface area contributed by atoms with Crippen LogP contribution in [0.25, 0.3) is 6.08 Å². The van der Waals surface area contributed by atoms with E-state index < -0.39 is 29.1 Å². The highest BCUT2D eigenvalue weighted by Gasteiger charge is 2.41. The lowest BCUT2D eigenvalue weighted by Gasteiger charge is -2.18. The first-order chi connectivity index (χ1) is 13.7. The molecule has 0 saturated carbocycles. The van der Waals surface area contributed by atoms with Crippen molar-refractivity contribution >= 4 is 63.5 Å². The number of carbonyl (C=O) groups excluding carboxylic acids is 4. The summed E-state index contributed by atoms with van der Waals surface area (Å²) in [5.41, 5.74) is 0.577. The van der Waals surface area contributed by atoms with E-state index >= 15 is 0 Å². The van der Waals surface area contributed by atoms with Crippen molar-refractivity contribution in [2.75, 3.05) is 27.9 Å². The number of benzene rings is 1. The van der Waals surface area contributed by atoms with Crippen LogP contribution in [0.4, 0.5) is 4.79 Å². The standard InChI is InChI=1S/C18H18INO8S/c1-9(17(23)27-4)20-16(22)13(29-18(20)24)7-10-5-11(19)15(12(6-10)25-2)28-8-14(21)26-3/h5-7,9H,8H2,1-4H3/b13-7+/t9-/m1/s1. The molecule has 1 aliphatic heterocycles. The Kier molecular flexibility index (Phi) is 7.90. The molecule has 1 aromatic rings. The van der Waals surface area contributed by atoms with Gasteiger partial charge in [-0.2, -0.15) is 0 Å². The lowest BCUT2D eigenvalue weighted by molar-refractivity contribution is -0.148. The van der Waals surface area contributed by atoms with Crippen molar-refractivity contribution in [3.05, 3.63) is 26.2 Å². The van der Waals surface area contributed by atoms with Gasteiger partial charge in [0.1, 0.15) is 6.04 Å². The summed E-state index contributed by atoms with van der Waals surface area (Å²) in [5.74, 6) is -1.12. The van der Waals surface area contributed by atoms with Gasteiger partial charge in [0, 0.05) is 0 Å². The van der Waals surface area contributed by atoms with Crippen LogP contribution in [0.5, 0.6) is 11.5 Å². The summed E-state index contributed by atoms with van der Waals surface area (Å²) >= 11 is 2.73. The zero-order chi connectivity index (χ0) is 21.7. The van der Waals surface area contributed by atoms with Crippen molar-refractivity contribution < 1.29 is 38.1 Å². The number of rotatable bonds is 7. The molecule has 0 spiro atoms. The number of ether oxygens (including phenoxy) is 4. The molecule has 0 N–H and O–H groups in total. The van der Waals surface area contributed by atoms with E-state index in [4.69, 9.17) is 9.47 Å². The minimum Gasteiger partial charge on any atom is -0.493 e. The molecule has 0 bridgehead atoms. The maximum atomic E-state index is 12.6. The van der Waals surface area contributed by atoms with Gasteiger partial charge in [0.25, 0.3) is 11.1 Å². The fourth-order valence-electron chi connectivity index (χ4n) is 2.39. The minimum absolute atomic E-state index is 0.159. The molecule has 1 aliphatic rings. The predicted molar refractivity (Wildman–Crippen MR) is 113 cm³/mol. The van der Waals surface area contributed by atoms with Crippen molar-refractivity contribution in [1.29, 1.82) is 0 Å². The third-order valence-electron chi connectivity index (χ3n) is 3.86. The van der Waals surface area contributed by atoms with Gasteiger partial charge in [-0.1, -0.05) is 0 Å². The Bertz CT molecular complexity index is 885. The summed E-state index contributed by atoms with van der Waals surface area (Å²) in [6.45, 7) is 1.14. The molecule has 156 valence electrons. The zero-order valence-corrected chi connectivity index (χ0v) is 19.0. The fourth-order valence-corrected chi connectivity index (χ4v) is 4.08. The molecule has 1 heterocycles. The van der Waals surface area contributed by atoms with Gasteiger partial charge in [-0.05, 0) is 65.0 Å². The number of hydrogen-bond acceptors (Lipinski definition) is 9. The van der Waals surface area contributed by atoms with Crippen LogP contribution in [0.15, 0.2) is 17.0 Å². The lowest BCUT2D eigenvalue weighted by Crippen LogP contribution is -2.42. The largest absolute Gasteiger partial charge is 0.493 e. The molecule has 1 aromatic carbocycles. The average Bonchev–Trinajstić information content (AvgIpc) is 2.98. The van der Waals surface area contributed by atoms with Crippen LogP contribution < -0.4 is 9.47 Å². The second-order valence-electron chi connectivity index (χ2n) is 5.65. The molecule has 11 heteroatoms. The first-order valence-corrected chi connectivity index (χ1v) is 10.0. The molecule has 2 amide bonds. The van der Waals surface area contributed by atoms with Crippen LogP contribution >= 0.6 is 34.4 Å². The van der Waals surface area contributed by atoms with Crippen LogP contribution in [0.3, 0.4) is 0 Å². The summed E-state index contributed by atoms with van der Waals surface area (Å²) in [5, 5.41) is -0.557. The van der Waals surface area contributed by atoms with Crippen molar-refractivity contribution in [1.82, 2.24) is 4.90 Å². The first-order valence-electron chi connectivity index (χ1n) is 8.15. The van der Waals surface area contributed by atoms with Crippen molar-refractivity contribution in [2.45, 2.75) is 13.0 Å². The van der Waals surface area contributed by atoms with Gasteiger partial charge in [0.2, 0.25) is 0 Å². The third-order valence-corrected chi connectivity index (χ3v) is 5.55. The van der Waals surface area contributed by atoms with Gasteiger partial charge < -0.3 is 18.9 Å². The van der Waals surface area contributed by atoms with Crippen LogP contribution in [-0.4, -0.2) is 62.0 Å². The molecular formula is C18H18INO8S. The van der Waals surface area contributed by atoms with Crippen molar-refractivity contribution in [2.24, 2.45) is 0 Å². The Morgan fingerprint density at radius 3 is 2.48 bits per heavy atom. The number of imide groups is 1. The van der Waals surface area contributed by atoms with Crippen LogP contribution in [-0.2, 0) is 23.9 Å². The van der Waals surface area contributed by atoms with Gasteiger partial charge in [-0.25, -0.2) is 9.59 Å². The first kappa shape index (κ1) is 23.0. The van der Waals surface area contributed by atoms with E-state index in [2.05, 4.69) is 9.47 Å². The molecule has 0 unspecified atom stereocenters. The average molecular weight is 535 g/mol. The zero-order valence-electron chi connectivity index (χ0n) is 16.0. The molecule has 29 heavy (non-hydrogen) atoms. The molecule has 2 rings (SSSR count). The Morgan fingerprint density at radius 1 is 1.21 bits per heavy atom. The summed E-state index contributed by atoms with van der Waals surface area (Å²) in [6, 6.07) is 2.28. The van der Waals surface area contributed by atoms with E-state index in [0.29, 0.717) is 20.6 Å². The molecule has 1 saturated heterocycles. The van der Waals surface area contributed by atoms with Gasteiger partial charge in [-0.3, -0.25) is 14.5 Å². The highest BCUT2D eigenvalue weighted by Crippen LogP contribution is 2.37. The molecular weight excluding hydrogens is 517 g/mol. The Morgan fingerprint density at radius 2 is 1.90 bits per heavy atom. The van der Waals surface area contributed by atoms with E-state index in [1.54, 1.807) is 12.1 Å². The van der Waals surface area contributed by atoms with Gasteiger partial charge in [0.15, 0.2) is 18.1 Å². The van der Waals surface area contributed by atoms with Crippen LogP contribution in [0.2, 0.25) is 0 Å². The normalized spacial score (nSPS) is 16.0. The third kappa shape index (κ3) is 5.21. The van der Waals surface area contributed by atoms with E-state index in [-0.39, 0.29) is 11.5 Å². The molecule has 1 atom stereocenters. The number of methoxy groups -OCH3 is 3. The number of carbonyl (C=O) groups is 4. The molecule has 0 aliphatic carbocycles. The Hall–Kier alpha value is -2.28. The number of halogens is 1. The van der Waals surface area contributed by atoms with E-state index in [1.807, 2.05) is 22.6 Å². The summed E-state index contributed by atoms with van der Waals surface area (Å²) in [4.78, 5) is 48.8. The van der Waals surface area contributed by atoms with Crippen LogP contribution in [0, 0.1) is 3.57 Å². The van der Waals surface area contributed by atoms with Crippen molar-refractivity contribution in [3.63, 3.8) is 0 Å². The molecule has 1 fully saturated rings. The number of hydrogen-bond donors (Lipinski definition) is 0. The molecule has 9 nitrogen and oxygen atoms in total. The summed E-state index contributed by atoms with van der Waals surface area (Å²) < 4.78 is 20.5. The number of esters is 2. The monoisotopic (exact) mass is 535 g/mol. The SMILES string of the molecule is COC(=O)COc1c(I)cc(/C=C2/SC(=O)N([C@H](C)C(=O)OC)C2=O)cc1OC. The molecule has 0 radical (unpaired) electrons. The topological polar surface area (TPSA) is 108 Å². The second-order valence-corrected chi connectivity index (χ2v) is 7.81. The highest BCUT2D eigenvalue weighted by molar-refractivity contribution is 14.1. The predicted octanol–water partition coefficient (Wildman–Crippen LogP) is 2.45. The van der Waals surface area contributed by atoms with Crippen LogP contribution in [0.1, 0.15) is 12.5 Å². The van der Waals surface area contributed by atoms with E-state index in [1.165, 1.54) is 34.3 Å². The van der Waals surface area contributed by atoms with E-state index in [0.717, 1.165) is 16.7 Å². The number of thioether (sulfide) groups is 1. The lowest BCUT2D eigenvalue weighted by atomic mass is 10.1. The van der Waals surface area contributed by atoms with E-state index in [9.17, 15) is 19.2 Å². The van der Waals surface area contributed by atoms with Gasteiger partial charge in [0.05, 0.1) is 29.8 Å². The quantitative estimate of drug-likeness (QED) is 0.296. The van der Waals surface area contributed by atoms with Gasteiger partial charge in [-0.15, -0.1) is 0 Å². The maximum absolute atomic E-state index is 12.6. The molecule has 0 aromatic heterocycles. The number of nitrogens with zero attached hydrogens (tertiary/aromatic N) is 1. The minimum atomic E-state index is -1.03.